The number of carbonyl (C=O) groups is 1. The summed E-state index contributed by atoms with van der Waals surface area (Å²) in [7, 11) is 1.98. The zero-order valence-electron chi connectivity index (χ0n) is 15.4. The van der Waals surface area contributed by atoms with Gasteiger partial charge in [-0.15, -0.1) is 10.2 Å². The lowest BCUT2D eigenvalue weighted by Crippen LogP contribution is -2.42. The minimum Gasteiger partial charge on any atom is -0.492 e. The van der Waals surface area contributed by atoms with Crippen molar-refractivity contribution in [2.45, 2.75) is 30.8 Å². The van der Waals surface area contributed by atoms with Crippen molar-refractivity contribution in [3.05, 3.63) is 30.1 Å². The summed E-state index contributed by atoms with van der Waals surface area (Å²) in [5, 5.41) is 12.4. The first-order valence-corrected chi connectivity index (χ1v) is 10.1. The quantitative estimate of drug-likeness (QED) is 0.812. The number of para-hydroxylation sites is 2. The summed E-state index contributed by atoms with van der Waals surface area (Å²) in [6.45, 7) is 3.87. The highest BCUT2D eigenvalue weighted by molar-refractivity contribution is 7.98. The van der Waals surface area contributed by atoms with Gasteiger partial charge < -0.3 is 19.5 Å². The van der Waals surface area contributed by atoms with E-state index in [0.717, 1.165) is 30.4 Å². The minimum atomic E-state index is -0.103. The van der Waals surface area contributed by atoms with Crippen LogP contribution in [-0.4, -0.2) is 51.6 Å². The van der Waals surface area contributed by atoms with Crippen LogP contribution in [-0.2, 0) is 7.05 Å². The van der Waals surface area contributed by atoms with Gasteiger partial charge in [0, 0.05) is 26.1 Å². The molecule has 1 saturated heterocycles. The Kier molecular flexibility index (Phi) is 6.03. The van der Waals surface area contributed by atoms with Crippen molar-refractivity contribution in [3.8, 4) is 5.75 Å². The fourth-order valence-electron chi connectivity index (χ4n) is 3.28. The van der Waals surface area contributed by atoms with E-state index in [4.69, 9.17) is 4.74 Å². The Morgan fingerprint density at radius 2 is 2.19 bits per heavy atom. The number of carbonyl (C=O) groups excluding carboxylic acids is 1. The topological polar surface area (TPSA) is 72.3 Å². The van der Waals surface area contributed by atoms with Crippen LogP contribution in [0.4, 0.5) is 10.5 Å². The molecule has 0 radical (unpaired) electrons. The van der Waals surface area contributed by atoms with Crippen LogP contribution in [0.5, 0.6) is 5.75 Å². The molecule has 0 aliphatic carbocycles. The first-order chi connectivity index (χ1) is 12.6. The molecule has 1 atom stereocenters. The number of hydrogen-bond acceptors (Lipinski definition) is 5. The number of nitrogens with zero attached hydrogens (tertiary/aromatic N) is 4. The second-order valence-corrected chi connectivity index (χ2v) is 7.02. The predicted molar refractivity (Wildman–Crippen MR) is 103 cm³/mol. The largest absolute Gasteiger partial charge is 0.492 e. The zero-order valence-corrected chi connectivity index (χ0v) is 16.3. The van der Waals surface area contributed by atoms with Crippen LogP contribution >= 0.6 is 11.8 Å². The summed E-state index contributed by atoms with van der Waals surface area (Å²) in [4.78, 5) is 14.6. The lowest BCUT2D eigenvalue weighted by molar-refractivity contribution is 0.190. The highest BCUT2D eigenvalue weighted by Gasteiger charge is 2.28. The second kappa shape index (κ2) is 8.44. The standard InChI is InChI=1S/C18H25N5O2S/c1-4-25-15-10-6-5-9-14(15)19-17(24)23-11-7-8-13(12-23)16-20-21-18(26-3)22(16)2/h5-6,9-10,13H,4,7-8,11-12H2,1-3H3,(H,19,24)/t13-/m1/s1. The predicted octanol–water partition coefficient (Wildman–Crippen LogP) is 3.35. The van der Waals surface area contributed by atoms with E-state index in [1.807, 2.05) is 54.0 Å². The van der Waals surface area contributed by atoms with Crippen LogP contribution in [0.1, 0.15) is 31.5 Å². The van der Waals surface area contributed by atoms with E-state index in [2.05, 4.69) is 15.5 Å². The molecule has 0 spiro atoms. The number of aromatic nitrogens is 3. The third-order valence-electron chi connectivity index (χ3n) is 4.55. The van der Waals surface area contributed by atoms with Crippen molar-refractivity contribution in [3.63, 3.8) is 0 Å². The van der Waals surface area contributed by atoms with Gasteiger partial charge in [0.25, 0.3) is 0 Å². The molecule has 1 aromatic carbocycles. The van der Waals surface area contributed by atoms with Gasteiger partial charge in [-0.3, -0.25) is 0 Å². The molecule has 2 amide bonds. The van der Waals surface area contributed by atoms with Gasteiger partial charge >= 0.3 is 6.03 Å². The van der Waals surface area contributed by atoms with Crippen molar-refractivity contribution in [2.24, 2.45) is 7.05 Å². The second-order valence-electron chi connectivity index (χ2n) is 6.25. The van der Waals surface area contributed by atoms with Gasteiger partial charge in [0.2, 0.25) is 0 Å². The van der Waals surface area contributed by atoms with Crippen LogP contribution in [0, 0.1) is 0 Å². The average Bonchev–Trinajstić information content (AvgIpc) is 3.04. The number of thioether (sulfide) groups is 1. The maximum atomic E-state index is 12.8. The molecule has 7 nitrogen and oxygen atoms in total. The van der Waals surface area contributed by atoms with E-state index in [1.165, 1.54) is 0 Å². The van der Waals surface area contributed by atoms with Gasteiger partial charge in [-0.2, -0.15) is 0 Å². The molecule has 3 rings (SSSR count). The Bertz CT molecular complexity index is 764. The Labute approximate surface area is 158 Å². The van der Waals surface area contributed by atoms with Gasteiger partial charge in [-0.05, 0) is 38.2 Å². The summed E-state index contributed by atoms with van der Waals surface area (Å²) in [6.07, 6.45) is 3.95. The lowest BCUT2D eigenvalue weighted by Gasteiger charge is -2.32. The molecule has 0 saturated carbocycles. The molecule has 1 fully saturated rings. The molecule has 2 aromatic rings. The zero-order chi connectivity index (χ0) is 18.5. The van der Waals surface area contributed by atoms with Gasteiger partial charge in [0.15, 0.2) is 5.16 Å². The SMILES string of the molecule is CCOc1ccccc1NC(=O)N1CCC[C@@H](c2nnc(SC)n2C)C1. The normalized spacial score (nSPS) is 17.2. The van der Waals surface area contributed by atoms with E-state index < -0.39 is 0 Å². The first-order valence-electron chi connectivity index (χ1n) is 8.85. The first kappa shape index (κ1) is 18.6. The number of rotatable bonds is 5. The molecule has 26 heavy (non-hydrogen) atoms. The van der Waals surface area contributed by atoms with Gasteiger partial charge in [-0.25, -0.2) is 4.79 Å². The van der Waals surface area contributed by atoms with Crippen molar-refractivity contribution in [1.82, 2.24) is 19.7 Å². The Balaban J connectivity index is 1.69. The minimum absolute atomic E-state index is 0.103. The number of amides is 2. The van der Waals surface area contributed by atoms with Gasteiger partial charge in [0.05, 0.1) is 12.3 Å². The van der Waals surface area contributed by atoms with Crippen molar-refractivity contribution < 1.29 is 9.53 Å². The molecule has 1 aliphatic rings. The van der Waals surface area contributed by atoms with Crippen LogP contribution in [0.2, 0.25) is 0 Å². The smallest absolute Gasteiger partial charge is 0.321 e. The molecule has 1 N–H and O–H groups in total. The average molecular weight is 375 g/mol. The number of benzene rings is 1. The highest BCUT2D eigenvalue weighted by atomic mass is 32.2. The highest BCUT2D eigenvalue weighted by Crippen LogP contribution is 2.29. The number of nitrogens with one attached hydrogen (secondary N) is 1. The van der Waals surface area contributed by atoms with Gasteiger partial charge in [0.1, 0.15) is 11.6 Å². The summed E-state index contributed by atoms with van der Waals surface area (Å²) in [6, 6.07) is 7.41. The maximum Gasteiger partial charge on any atom is 0.321 e. The van der Waals surface area contributed by atoms with Crippen LogP contribution < -0.4 is 10.1 Å². The number of hydrogen-bond donors (Lipinski definition) is 1. The van der Waals surface area contributed by atoms with E-state index in [0.29, 0.717) is 24.6 Å². The Hall–Kier alpha value is -2.22. The van der Waals surface area contributed by atoms with Crippen LogP contribution in [0.25, 0.3) is 0 Å². The van der Waals surface area contributed by atoms with E-state index in [-0.39, 0.29) is 11.9 Å². The summed E-state index contributed by atoms with van der Waals surface area (Å²) >= 11 is 1.58. The van der Waals surface area contributed by atoms with Gasteiger partial charge in [-0.1, -0.05) is 23.9 Å². The number of piperidine rings is 1. The molecule has 8 heteroatoms. The van der Waals surface area contributed by atoms with E-state index in [1.54, 1.807) is 11.8 Å². The van der Waals surface area contributed by atoms with Crippen molar-refractivity contribution in [2.75, 3.05) is 31.3 Å². The third-order valence-corrected chi connectivity index (χ3v) is 5.27. The van der Waals surface area contributed by atoms with E-state index >= 15 is 0 Å². The molecular weight excluding hydrogens is 350 g/mol. The van der Waals surface area contributed by atoms with Crippen LogP contribution in [0.3, 0.4) is 0 Å². The van der Waals surface area contributed by atoms with Crippen molar-refractivity contribution >= 4 is 23.5 Å². The van der Waals surface area contributed by atoms with E-state index in [9.17, 15) is 4.79 Å². The fourth-order valence-corrected chi connectivity index (χ4v) is 3.77. The molecular formula is C18H25N5O2S. The summed E-state index contributed by atoms with van der Waals surface area (Å²) in [5.41, 5.74) is 0.699. The Morgan fingerprint density at radius 3 is 2.92 bits per heavy atom. The third kappa shape index (κ3) is 3.95. The fraction of sp³-hybridized carbons (Fsp3) is 0.500. The molecule has 1 aliphatic heterocycles. The monoisotopic (exact) mass is 375 g/mol. The lowest BCUT2D eigenvalue weighted by atomic mass is 9.97. The summed E-state index contributed by atoms with van der Waals surface area (Å²) in [5.74, 6) is 1.84. The summed E-state index contributed by atoms with van der Waals surface area (Å²) < 4.78 is 7.62. The Morgan fingerprint density at radius 1 is 1.38 bits per heavy atom. The van der Waals surface area contributed by atoms with Crippen molar-refractivity contribution in [1.29, 1.82) is 0 Å². The number of urea groups is 1. The molecule has 2 heterocycles. The maximum absolute atomic E-state index is 12.8. The number of likely N-dealkylation sites (tertiary alicyclic amines) is 1. The van der Waals surface area contributed by atoms with Crippen LogP contribution in [0.15, 0.2) is 29.4 Å². The molecule has 1 aromatic heterocycles. The molecule has 0 bridgehead atoms. The number of anilines is 1. The molecule has 140 valence electrons. The number of ether oxygens (including phenoxy) is 1. The molecule has 0 unspecified atom stereocenters.